The van der Waals surface area contributed by atoms with Crippen LogP contribution in [0, 0.1) is 6.92 Å². The topological polar surface area (TPSA) is 58.6 Å². The molecule has 0 saturated heterocycles. The maximum atomic E-state index is 11.7. The minimum Gasteiger partial charge on any atom is -0.493 e. The van der Waals surface area contributed by atoms with Crippen LogP contribution in [0.5, 0.6) is 5.75 Å². The van der Waals surface area contributed by atoms with Crippen LogP contribution in [-0.4, -0.2) is 30.3 Å². The molecule has 1 rings (SSSR count). The Morgan fingerprint density at radius 3 is 2.80 bits per heavy atom. The van der Waals surface area contributed by atoms with Crippen LogP contribution in [0.2, 0.25) is 0 Å². The van der Waals surface area contributed by atoms with E-state index in [9.17, 15) is 4.79 Å². The van der Waals surface area contributed by atoms with Crippen LogP contribution in [0.15, 0.2) is 24.3 Å². The molecular formula is C16H25NO3. The van der Waals surface area contributed by atoms with E-state index in [-0.39, 0.29) is 18.6 Å². The number of aliphatic hydroxyl groups excluding tert-OH is 1. The third kappa shape index (κ3) is 6.57. The SMILES string of the molecule is Cc1ccccc1OCCCC(=O)NC(C)CCCO. The molecule has 0 aliphatic carbocycles. The molecule has 1 unspecified atom stereocenters. The number of carbonyl (C=O) groups excluding carboxylic acids is 1. The normalized spacial score (nSPS) is 11.9. The Morgan fingerprint density at radius 2 is 2.10 bits per heavy atom. The molecule has 0 fully saturated rings. The van der Waals surface area contributed by atoms with E-state index in [1.807, 2.05) is 38.1 Å². The van der Waals surface area contributed by atoms with Crippen LogP contribution < -0.4 is 10.1 Å². The molecule has 1 aromatic carbocycles. The van der Waals surface area contributed by atoms with Crippen LogP contribution in [0.3, 0.4) is 0 Å². The molecule has 2 N–H and O–H groups in total. The summed E-state index contributed by atoms with van der Waals surface area (Å²) in [5.74, 6) is 0.924. The lowest BCUT2D eigenvalue weighted by atomic mass is 10.2. The maximum absolute atomic E-state index is 11.7. The molecule has 0 aromatic heterocycles. The highest BCUT2D eigenvalue weighted by molar-refractivity contribution is 5.76. The van der Waals surface area contributed by atoms with E-state index >= 15 is 0 Å². The van der Waals surface area contributed by atoms with E-state index in [0.29, 0.717) is 19.4 Å². The first-order valence-electron chi connectivity index (χ1n) is 7.22. The second-order valence-electron chi connectivity index (χ2n) is 5.05. The molecule has 1 aromatic rings. The molecule has 0 saturated carbocycles. The zero-order chi connectivity index (χ0) is 14.8. The van der Waals surface area contributed by atoms with E-state index in [1.54, 1.807) is 0 Å². The molecule has 0 radical (unpaired) electrons. The Hall–Kier alpha value is -1.55. The van der Waals surface area contributed by atoms with Crippen molar-refractivity contribution in [3.05, 3.63) is 29.8 Å². The Labute approximate surface area is 121 Å². The molecule has 20 heavy (non-hydrogen) atoms. The molecule has 0 spiro atoms. The molecule has 0 heterocycles. The highest BCUT2D eigenvalue weighted by Crippen LogP contribution is 2.16. The van der Waals surface area contributed by atoms with Crippen LogP contribution in [0.1, 0.15) is 38.2 Å². The van der Waals surface area contributed by atoms with Gasteiger partial charge in [-0.1, -0.05) is 18.2 Å². The smallest absolute Gasteiger partial charge is 0.220 e. The number of amides is 1. The number of hydrogen-bond acceptors (Lipinski definition) is 3. The number of nitrogens with one attached hydrogen (secondary N) is 1. The number of benzene rings is 1. The highest BCUT2D eigenvalue weighted by atomic mass is 16.5. The van der Waals surface area contributed by atoms with Crippen molar-refractivity contribution >= 4 is 5.91 Å². The quantitative estimate of drug-likeness (QED) is 0.683. The van der Waals surface area contributed by atoms with Gasteiger partial charge >= 0.3 is 0 Å². The van der Waals surface area contributed by atoms with E-state index in [1.165, 1.54) is 0 Å². The summed E-state index contributed by atoms with van der Waals surface area (Å²) < 4.78 is 5.64. The molecule has 0 aliphatic heterocycles. The lowest BCUT2D eigenvalue weighted by Crippen LogP contribution is -2.32. The Balaban J connectivity index is 2.15. The number of ether oxygens (including phenoxy) is 1. The minimum absolute atomic E-state index is 0.0452. The van der Waals surface area contributed by atoms with Crippen LogP contribution in [0.25, 0.3) is 0 Å². The van der Waals surface area contributed by atoms with E-state index < -0.39 is 0 Å². The van der Waals surface area contributed by atoms with E-state index in [4.69, 9.17) is 9.84 Å². The van der Waals surface area contributed by atoms with Crippen LogP contribution >= 0.6 is 0 Å². The van der Waals surface area contributed by atoms with Crippen LogP contribution in [0.4, 0.5) is 0 Å². The highest BCUT2D eigenvalue weighted by Gasteiger charge is 2.07. The van der Waals surface area contributed by atoms with Gasteiger partial charge in [-0.15, -0.1) is 0 Å². The second kappa shape index (κ2) is 9.37. The minimum atomic E-state index is 0.0452. The third-order valence-corrected chi connectivity index (χ3v) is 3.10. The van der Waals surface area contributed by atoms with Crippen molar-refractivity contribution in [2.45, 2.75) is 45.6 Å². The van der Waals surface area contributed by atoms with Gasteiger partial charge < -0.3 is 15.2 Å². The van der Waals surface area contributed by atoms with Gasteiger partial charge in [0.1, 0.15) is 5.75 Å². The molecule has 0 aliphatic rings. The van der Waals surface area contributed by atoms with Gasteiger partial charge in [0.05, 0.1) is 6.61 Å². The number of carbonyl (C=O) groups is 1. The fourth-order valence-corrected chi connectivity index (χ4v) is 1.95. The number of rotatable bonds is 9. The summed E-state index contributed by atoms with van der Waals surface area (Å²) in [6.45, 7) is 4.68. The first kappa shape index (κ1) is 16.5. The Bertz CT molecular complexity index is 406. The van der Waals surface area contributed by atoms with Crippen molar-refractivity contribution in [1.29, 1.82) is 0 Å². The van der Waals surface area contributed by atoms with E-state index in [0.717, 1.165) is 24.2 Å². The number of aryl methyl sites for hydroxylation is 1. The predicted molar refractivity (Wildman–Crippen MR) is 79.8 cm³/mol. The third-order valence-electron chi connectivity index (χ3n) is 3.10. The fourth-order valence-electron chi connectivity index (χ4n) is 1.95. The van der Waals surface area contributed by atoms with Gasteiger partial charge in [0.2, 0.25) is 5.91 Å². The van der Waals surface area contributed by atoms with Gasteiger partial charge in [-0.25, -0.2) is 0 Å². The Morgan fingerprint density at radius 1 is 1.35 bits per heavy atom. The molecule has 4 nitrogen and oxygen atoms in total. The summed E-state index contributed by atoms with van der Waals surface area (Å²) in [5.41, 5.74) is 1.11. The zero-order valence-corrected chi connectivity index (χ0v) is 12.4. The van der Waals surface area contributed by atoms with Crippen molar-refractivity contribution < 1.29 is 14.6 Å². The summed E-state index contributed by atoms with van der Waals surface area (Å²) in [7, 11) is 0. The standard InChI is InChI=1S/C16H25NO3/c1-13-7-3-4-9-15(13)20-12-6-10-16(19)17-14(2)8-5-11-18/h3-4,7,9,14,18H,5-6,8,10-12H2,1-2H3,(H,17,19). The van der Waals surface area contributed by atoms with Gasteiger partial charge in [-0.05, 0) is 44.7 Å². The van der Waals surface area contributed by atoms with Crippen molar-refractivity contribution in [3.63, 3.8) is 0 Å². The van der Waals surface area contributed by atoms with E-state index in [2.05, 4.69) is 5.32 Å². The van der Waals surface area contributed by atoms with Gasteiger partial charge in [0.25, 0.3) is 0 Å². The van der Waals surface area contributed by atoms with Gasteiger partial charge in [-0.3, -0.25) is 4.79 Å². The molecule has 112 valence electrons. The van der Waals surface area contributed by atoms with Crippen LogP contribution in [-0.2, 0) is 4.79 Å². The number of aliphatic hydroxyl groups is 1. The monoisotopic (exact) mass is 279 g/mol. The summed E-state index contributed by atoms with van der Waals surface area (Å²) >= 11 is 0. The predicted octanol–water partition coefficient (Wildman–Crippen LogP) is 2.43. The summed E-state index contributed by atoms with van der Waals surface area (Å²) in [4.78, 5) is 11.7. The second-order valence-corrected chi connectivity index (χ2v) is 5.05. The Kier molecular flexibility index (Phi) is 7.73. The van der Waals surface area contributed by atoms with Crippen molar-refractivity contribution in [2.75, 3.05) is 13.2 Å². The summed E-state index contributed by atoms with van der Waals surface area (Å²) in [5, 5.41) is 11.6. The number of para-hydroxylation sites is 1. The molecule has 1 atom stereocenters. The fraction of sp³-hybridized carbons (Fsp3) is 0.562. The van der Waals surface area contributed by atoms with Crippen molar-refractivity contribution in [2.24, 2.45) is 0 Å². The maximum Gasteiger partial charge on any atom is 0.220 e. The van der Waals surface area contributed by atoms with Gasteiger partial charge in [0, 0.05) is 19.1 Å². The molecule has 1 amide bonds. The molecular weight excluding hydrogens is 254 g/mol. The number of hydrogen-bond donors (Lipinski definition) is 2. The average Bonchev–Trinajstić information content (AvgIpc) is 2.43. The van der Waals surface area contributed by atoms with Gasteiger partial charge in [-0.2, -0.15) is 0 Å². The zero-order valence-electron chi connectivity index (χ0n) is 12.4. The largest absolute Gasteiger partial charge is 0.493 e. The molecule has 4 heteroatoms. The first-order valence-corrected chi connectivity index (χ1v) is 7.22. The summed E-state index contributed by atoms with van der Waals surface area (Å²) in [6, 6.07) is 7.98. The molecule has 0 bridgehead atoms. The van der Waals surface area contributed by atoms with Crippen molar-refractivity contribution in [1.82, 2.24) is 5.32 Å². The van der Waals surface area contributed by atoms with Crippen molar-refractivity contribution in [3.8, 4) is 5.75 Å². The lowest BCUT2D eigenvalue weighted by molar-refractivity contribution is -0.121. The summed E-state index contributed by atoms with van der Waals surface area (Å²) in [6.07, 6.45) is 2.70. The first-order chi connectivity index (χ1) is 9.63. The van der Waals surface area contributed by atoms with Gasteiger partial charge in [0.15, 0.2) is 0 Å². The average molecular weight is 279 g/mol. The lowest BCUT2D eigenvalue weighted by Gasteiger charge is -2.13.